The minimum Gasteiger partial charge on any atom is -0.197 e. The van der Waals surface area contributed by atoms with Gasteiger partial charge in [-0.05, 0) is 75.2 Å². The lowest BCUT2D eigenvalue weighted by molar-refractivity contribution is 0.377. The fraction of sp³-hybridized carbons (Fsp3) is 0.417. The Morgan fingerprint density at radius 1 is 1.11 bits per heavy atom. The first-order valence-electron chi connectivity index (χ1n) is 9.69. The van der Waals surface area contributed by atoms with Gasteiger partial charge in [-0.2, -0.15) is 15.4 Å². The predicted molar refractivity (Wildman–Crippen MR) is 117 cm³/mol. The third-order valence-electron chi connectivity index (χ3n) is 5.12. The molecule has 0 amide bonds. The molecule has 0 bridgehead atoms. The van der Waals surface area contributed by atoms with Crippen molar-refractivity contribution in [1.82, 2.24) is 15.4 Å². The number of hydrogen-bond acceptors (Lipinski definition) is 2. The van der Waals surface area contributed by atoms with Gasteiger partial charge in [0.15, 0.2) is 0 Å². The van der Waals surface area contributed by atoms with E-state index in [0.717, 1.165) is 22.5 Å². The molecule has 1 aromatic rings. The second-order valence-corrected chi connectivity index (χ2v) is 8.26. The lowest BCUT2D eigenvalue weighted by atomic mass is 9.72. The number of nitrogens with zero attached hydrogens (tertiary/aromatic N) is 2. The molecule has 3 nitrogen and oxygen atoms in total. The van der Waals surface area contributed by atoms with E-state index in [1.54, 1.807) is 0 Å². The summed E-state index contributed by atoms with van der Waals surface area (Å²) in [6.07, 6.45) is 16.7. The summed E-state index contributed by atoms with van der Waals surface area (Å²) in [6.45, 7) is 17.1. The van der Waals surface area contributed by atoms with Crippen molar-refractivity contribution in [3.8, 4) is 0 Å². The fourth-order valence-electron chi connectivity index (χ4n) is 3.55. The summed E-state index contributed by atoms with van der Waals surface area (Å²) in [5, 5.41) is 11.0. The van der Waals surface area contributed by atoms with Crippen LogP contribution in [0.5, 0.6) is 0 Å². The highest BCUT2D eigenvalue weighted by Gasteiger charge is 2.26. The van der Waals surface area contributed by atoms with Gasteiger partial charge in [0.2, 0.25) is 0 Å². The summed E-state index contributed by atoms with van der Waals surface area (Å²) in [5.41, 5.74) is 8.22. The van der Waals surface area contributed by atoms with Gasteiger partial charge in [-0.3, -0.25) is 0 Å². The van der Waals surface area contributed by atoms with Gasteiger partial charge in [0.1, 0.15) is 11.4 Å². The van der Waals surface area contributed by atoms with Gasteiger partial charge in [0, 0.05) is 0 Å². The minimum absolute atomic E-state index is 0.285. The van der Waals surface area contributed by atoms with Crippen LogP contribution in [0.1, 0.15) is 72.2 Å². The summed E-state index contributed by atoms with van der Waals surface area (Å²) in [6, 6.07) is 0. The molecule has 0 radical (unpaired) electrons. The van der Waals surface area contributed by atoms with Crippen molar-refractivity contribution >= 4 is 11.6 Å². The predicted octanol–water partition coefficient (Wildman–Crippen LogP) is 6.83. The molecule has 0 atom stereocenters. The zero-order valence-corrected chi connectivity index (χ0v) is 17.7. The SMILES string of the molecule is C=C(C)c1n[nH]nc1/C=C(C)/C=C/C=C(C)/C=C/C1=C(C)CCCC1(C)C. The average Bonchev–Trinajstić information content (AvgIpc) is 3.02. The third-order valence-corrected chi connectivity index (χ3v) is 5.12. The van der Waals surface area contributed by atoms with Gasteiger partial charge in [-0.1, -0.05) is 62.0 Å². The molecule has 1 N–H and O–H groups in total. The second kappa shape index (κ2) is 8.98. The molecule has 0 aliphatic heterocycles. The summed E-state index contributed by atoms with van der Waals surface area (Å²) in [7, 11) is 0. The van der Waals surface area contributed by atoms with Crippen LogP contribution < -0.4 is 0 Å². The quantitative estimate of drug-likeness (QED) is 0.563. The maximum Gasteiger partial charge on any atom is 0.115 e. The monoisotopic (exact) mass is 363 g/mol. The smallest absolute Gasteiger partial charge is 0.115 e. The van der Waals surface area contributed by atoms with E-state index in [1.807, 2.05) is 13.0 Å². The zero-order chi connectivity index (χ0) is 20.0. The van der Waals surface area contributed by atoms with Crippen LogP contribution >= 0.6 is 0 Å². The van der Waals surface area contributed by atoms with E-state index in [0.29, 0.717) is 0 Å². The van der Waals surface area contributed by atoms with Crippen LogP contribution in [-0.4, -0.2) is 15.4 Å². The van der Waals surface area contributed by atoms with Crippen molar-refractivity contribution < 1.29 is 0 Å². The summed E-state index contributed by atoms with van der Waals surface area (Å²) in [5.74, 6) is 0. The van der Waals surface area contributed by atoms with Crippen LogP contribution in [-0.2, 0) is 0 Å². The Morgan fingerprint density at radius 2 is 1.85 bits per heavy atom. The zero-order valence-electron chi connectivity index (χ0n) is 17.7. The van der Waals surface area contributed by atoms with E-state index in [4.69, 9.17) is 0 Å². The van der Waals surface area contributed by atoms with Crippen LogP contribution in [0.2, 0.25) is 0 Å². The van der Waals surface area contributed by atoms with Crippen LogP contribution in [0.15, 0.2) is 59.3 Å². The van der Waals surface area contributed by atoms with Gasteiger partial charge < -0.3 is 0 Å². The molecule has 144 valence electrons. The standard InChI is InChI=1S/C24H33N3/c1-17(2)23-22(25-27-26-23)16-19(4)11-8-10-18(3)13-14-21-20(5)12-9-15-24(21,6)7/h8,10-11,13-14,16H,1,9,12,15H2,2-7H3,(H,25,26,27)/b11-8+,14-13+,18-10+,19-16+. The van der Waals surface area contributed by atoms with Crippen LogP contribution in [0.25, 0.3) is 11.6 Å². The Morgan fingerprint density at radius 3 is 2.52 bits per heavy atom. The Hall–Kier alpha value is -2.42. The van der Waals surface area contributed by atoms with Gasteiger partial charge in [-0.15, -0.1) is 0 Å². The van der Waals surface area contributed by atoms with Crippen molar-refractivity contribution in [2.45, 2.75) is 60.8 Å². The average molecular weight is 364 g/mol. The molecule has 0 aromatic carbocycles. The molecule has 1 aliphatic carbocycles. The molecule has 1 aliphatic rings. The third kappa shape index (κ3) is 5.78. The van der Waals surface area contributed by atoms with Crippen molar-refractivity contribution in [1.29, 1.82) is 0 Å². The van der Waals surface area contributed by atoms with Crippen LogP contribution in [0.4, 0.5) is 0 Å². The molecule has 1 aromatic heterocycles. The van der Waals surface area contributed by atoms with Gasteiger partial charge in [0.25, 0.3) is 0 Å². The molecule has 0 saturated carbocycles. The molecule has 3 heteroatoms. The molecule has 0 spiro atoms. The fourth-order valence-corrected chi connectivity index (χ4v) is 3.55. The highest BCUT2D eigenvalue weighted by molar-refractivity contribution is 5.68. The number of rotatable bonds is 6. The van der Waals surface area contributed by atoms with Gasteiger partial charge in [-0.25, -0.2) is 0 Å². The van der Waals surface area contributed by atoms with Crippen molar-refractivity contribution in [3.05, 3.63) is 70.6 Å². The first-order valence-corrected chi connectivity index (χ1v) is 9.69. The van der Waals surface area contributed by atoms with E-state index in [-0.39, 0.29) is 5.41 Å². The Kier molecular flexibility index (Phi) is 6.95. The highest BCUT2D eigenvalue weighted by atomic mass is 15.3. The Bertz CT molecular complexity index is 839. The largest absolute Gasteiger partial charge is 0.197 e. The second-order valence-electron chi connectivity index (χ2n) is 8.26. The molecule has 27 heavy (non-hydrogen) atoms. The van der Waals surface area contributed by atoms with Crippen molar-refractivity contribution in [2.75, 3.05) is 0 Å². The first kappa shape index (κ1) is 20.9. The van der Waals surface area contributed by atoms with E-state index in [2.05, 4.69) is 87.0 Å². The lowest BCUT2D eigenvalue weighted by Crippen LogP contribution is -2.19. The normalized spacial score (nSPS) is 18.7. The summed E-state index contributed by atoms with van der Waals surface area (Å²) >= 11 is 0. The maximum absolute atomic E-state index is 4.18. The number of aromatic nitrogens is 3. The van der Waals surface area contributed by atoms with Crippen molar-refractivity contribution in [2.24, 2.45) is 5.41 Å². The van der Waals surface area contributed by atoms with Crippen LogP contribution in [0.3, 0.4) is 0 Å². The Labute approximate surface area is 164 Å². The van der Waals surface area contributed by atoms with Crippen LogP contribution in [0, 0.1) is 5.41 Å². The number of aromatic amines is 1. The topological polar surface area (TPSA) is 41.6 Å². The number of hydrogen-bond donors (Lipinski definition) is 1. The van der Waals surface area contributed by atoms with Gasteiger partial charge in [0.05, 0.1) is 0 Å². The summed E-state index contributed by atoms with van der Waals surface area (Å²) < 4.78 is 0. The molecular formula is C24H33N3. The molecular weight excluding hydrogens is 330 g/mol. The van der Waals surface area contributed by atoms with Crippen molar-refractivity contribution in [3.63, 3.8) is 0 Å². The van der Waals surface area contributed by atoms with E-state index < -0.39 is 0 Å². The molecule has 2 rings (SSSR count). The molecule has 0 unspecified atom stereocenters. The highest BCUT2D eigenvalue weighted by Crippen LogP contribution is 2.40. The number of H-pyrrole nitrogens is 1. The Balaban J connectivity index is 2.07. The molecule has 0 saturated heterocycles. The molecule has 0 fully saturated rings. The minimum atomic E-state index is 0.285. The van der Waals surface area contributed by atoms with E-state index in [1.165, 1.54) is 36.0 Å². The van der Waals surface area contributed by atoms with Gasteiger partial charge >= 0.3 is 0 Å². The maximum atomic E-state index is 4.18. The van der Waals surface area contributed by atoms with E-state index in [9.17, 15) is 0 Å². The first-order chi connectivity index (χ1) is 12.7. The summed E-state index contributed by atoms with van der Waals surface area (Å²) in [4.78, 5) is 0. The van der Waals surface area contributed by atoms with E-state index >= 15 is 0 Å². The number of nitrogens with one attached hydrogen (secondary N) is 1. The lowest BCUT2D eigenvalue weighted by Gasteiger charge is -2.32. The number of allylic oxidation sites excluding steroid dienone is 10. The molecule has 1 heterocycles.